The molecule has 1 heterocycles. The van der Waals surface area contributed by atoms with Crippen molar-refractivity contribution in [3.8, 4) is 0 Å². The van der Waals surface area contributed by atoms with E-state index in [1.165, 1.54) is 12.1 Å². The Hall–Kier alpha value is -1.46. The maximum atomic E-state index is 13.0. The number of aliphatic hydroxyl groups is 1. The number of halogens is 1. The van der Waals surface area contributed by atoms with E-state index in [-0.39, 0.29) is 29.7 Å². The van der Waals surface area contributed by atoms with E-state index in [0.29, 0.717) is 0 Å². The van der Waals surface area contributed by atoms with Crippen molar-refractivity contribution in [2.45, 2.75) is 58.2 Å². The molecule has 0 bridgehead atoms. The van der Waals surface area contributed by atoms with Crippen molar-refractivity contribution in [2.24, 2.45) is 5.92 Å². The standard InChI is InChI=1S/C19H29FN2O2/c1-4-13(2)21-19(24)14(3)22-11-9-16(10-12-22)18(23)15-5-7-17(20)8-6-15/h5-8,13-14,16,18,23H,4,9-12H2,1-3H3,(H,21,24). The van der Waals surface area contributed by atoms with Gasteiger partial charge in [0.05, 0.1) is 12.1 Å². The van der Waals surface area contributed by atoms with Crippen molar-refractivity contribution < 1.29 is 14.3 Å². The van der Waals surface area contributed by atoms with Crippen LogP contribution in [0.2, 0.25) is 0 Å². The molecule has 134 valence electrons. The quantitative estimate of drug-likeness (QED) is 0.840. The van der Waals surface area contributed by atoms with Crippen molar-refractivity contribution >= 4 is 5.91 Å². The van der Waals surface area contributed by atoms with E-state index in [1.54, 1.807) is 12.1 Å². The summed E-state index contributed by atoms with van der Waals surface area (Å²) >= 11 is 0. The first kappa shape index (κ1) is 18.9. The monoisotopic (exact) mass is 336 g/mol. The van der Waals surface area contributed by atoms with E-state index in [4.69, 9.17) is 0 Å². The van der Waals surface area contributed by atoms with Gasteiger partial charge in [0.1, 0.15) is 5.82 Å². The lowest BCUT2D eigenvalue weighted by molar-refractivity contribution is -0.127. The molecule has 0 saturated carbocycles. The fourth-order valence-electron chi connectivity index (χ4n) is 3.19. The van der Waals surface area contributed by atoms with Crippen LogP contribution in [0.1, 0.15) is 51.7 Å². The normalized spacial score (nSPS) is 20.4. The molecule has 1 amide bonds. The molecule has 0 radical (unpaired) electrons. The largest absolute Gasteiger partial charge is 0.388 e. The van der Waals surface area contributed by atoms with Crippen molar-refractivity contribution in [1.82, 2.24) is 10.2 Å². The van der Waals surface area contributed by atoms with Crippen molar-refractivity contribution in [1.29, 1.82) is 0 Å². The zero-order chi connectivity index (χ0) is 17.7. The van der Waals surface area contributed by atoms with Crippen LogP contribution in [0, 0.1) is 11.7 Å². The second kappa shape index (κ2) is 8.58. The molecule has 5 heteroatoms. The molecule has 2 N–H and O–H groups in total. The van der Waals surface area contributed by atoms with E-state index in [0.717, 1.165) is 37.9 Å². The Bertz CT molecular complexity index is 527. The summed E-state index contributed by atoms with van der Waals surface area (Å²) in [6.07, 6.45) is 2.01. The fraction of sp³-hybridized carbons (Fsp3) is 0.632. The summed E-state index contributed by atoms with van der Waals surface area (Å²) in [7, 11) is 0. The lowest BCUT2D eigenvalue weighted by atomic mass is 9.87. The summed E-state index contributed by atoms with van der Waals surface area (Å²) in [6, 6.07) is 6.10. The summed E-state index contributed by atoms with van der Waals surface area (Å²) in [5, 5.41) is 13.5. The summed E-state index contributed by atoms with van der Waals surface area (Å²) < 4.78 is 13.0. The van der Waals surface area contributed by atoms with E-state index in [2.05, 4.69) is 17.1 Å². The predicted molar refractivity (Wildman–Crippen MR) is 93.0 cm³/mol. The van der Waals surface area contributed by atoms with Gasteiger partial charge in [-0.05, 0) is 69.8 Å². The molecule has 0 spiro atoms. The Morgan fingerprint density at radius 2 is 1.88 bits per heavy atom. The average Bonchev–Trinajstić information content (AvgIpc) is 2.61. The number of carbonyl (C=O) groups excluding carboxylic acids is 1. The van der Waals surface area contributed by atoms with Crippen LogP contribution in [0.4, 0.5) is 4.39 Å². The SMILES string of the molecule is CCC(C)NC(=O)C(C)N1CCC(C(O)c2ccc(F)cc2)CC1. The van der Waals surface area contributed by atoms with E-state index in [9.17, 15) is 14.3 Å². The summed E-state index contributed by atoms with van der Waals surface area (Å²) in [5.41, 5.74) is 0.761. The third-order valence-corrected chi connectivity index (χ3v) is 5.16. The zero-order valence-corrected chi connectivity index (χ0v) is 14.8. The third-order valence-electron chi connectivity index (χ3n) is 5.16. The fourth-order valence-corrected chi connectivity index (χ4v) is 3.19. The van der Waals surface area contributed by atoms with Crippen LogP contribution in [0.25, 0.3) is 0 Å². The van der Waals surface area contributed by atoms with Gasteiger partial charge in [0.25, 0.3) is 0 Å². The van der Waals surface area contributed by atoms with Crippen LogP contribution in [0.15, 0.2) is 24.3 Å². The molecule has 0 aliphatic carbocycles. The van der Waals surface area contributed by atoms with E-state index < -0.39 is 6.10 Å². The predicted octanol–water partition coefficient (Wildman–Crippen LogP) is 2.87. The number of rotatable bonds is 6. The maximum absolute atomic E-state index is 13.0. The Labute approximate surface area is 144 Å². The number of amides is 1. The number of piperidine rings is 1. The summed E-state index contributed by atoms with van der Waals surface area (Å²) in [6.45, 7) is 7.58. The van der Waals surface area contributed by atoms with Crippen molar-refractivity contribution in [2.75, 3.05) is 13.1 Å². The first-order valence-electron chi connectivity index (χ1n) is 8.90. The summed E-state index contributed by atoms with van der Waals surface area (Å²) in [4.78, 5) is 14.4. The average molecular weight is 336 g/mol. The molecule has 1 aromatic carbocycles. The highest BCUT2D eigenvalue weighted by atomic mass is 19.1. The molecule has 3 unspecified atom stereocenters. The van der Waals surface area contributed by atoms with Gasteiger partial charge in [-0.3, -0.25) is 9.69 Å². The van der Waals surface area contributed by atoms with Gasteiger partial charge >= 0.3 is 0 Å². The van der Waals surface area contributed by atoms with Gasteiger partial charge in [0.15, 0.2) is 0 Å². The van der Waals surface area contributed by atoms with Gasteiger partial charge < -0.3 is 10.4 Å². The molecule has 1 saturated heterocycles. The lowest BCUT2D eigenvalue weighted by Crippen LogP contribution is -2.50. The number of nitrogens with zero attached hydrogens (tertiary/aromatic N) is 1. The van der Waals surface area contributed by atoms with Gasteiger partial charge in [-0.15, -0.1) is 0 Å². The molecule has 3 atom stereocenters. The first-order chi connectivity index (χ1) is 11.4. The molecular formula is C19H29FN2O2. The second-order valence-electron chi connectivity index (χ2n) is 6.86. The minimum atomic E-state index is -0.572. The Morgan fingerprint density at radius 1 is 1.29 bits per heavy atom. The van der Waals surface area contributed by atoms with Crippen molar-refractivity contribution in [3.63, 3.8) is 0 Å². The minimum Gasteiger partial charge on any atom is -0.388 e. The molecular weight excluding hydrogens is 307 g/mol. The molecule has 1 aliphatic heterocycles. The lowest BCUT2D eigenvalue weighted by Gasteiger charge is -2.37. The highest BCUT2D eigenvalue weighted by molar-refractivity contribution is 5.81. The molecule has 4 nitrogen and oxygen atoms in total. The van der Waals surface area contributed by atoms with Crippen LogP contribution in [-0.2, 0) is 4.79 Å². The number of aliphatic hydroxyl groups excluding tert-OH is 1. The van der Waals surface area contributed by atoms with Crippen LogP contribution in [0.5, 0.6) is 0 Å². The number of carbonyl (C=O) groups is 1. The number of nitrogens with one attached hydrogen (secondary N) is 1. The Balaban J connectivity index is 1.86. The maximum Gasteiger partial charge on any atom is 0.237 e. The number of benzene rings is 1. The minimum absolute atomic E-state index is 0.0712. The first-order valence-corrected chi connectivity index (χ1v) is 8.90. The van der Waals surface area contributed by atoms with Gasteiger partial charge in [-0.25, -0.2) is 4.39 Å². The molecule has 2 rings (SSSR count). The number of hydrogen-bond acceptors (Lipinski definition) is 3. The molecule has 0 aromatic heterocycles. The third kappa shape index (κ3) is 4.77. The van der Waals surface area contributed by atoms with E-state index >= 15 is 0 Å². The van der Waals surface area contributed by atoms with Gasteiger partial charge in [0, 0.05) is 6.04 Å². The van der Waals surface area contributed by atoms with Gasteiger partial charge in [-0.1, -0.05) is 19.1 Å². The van der Waals surface area contributed by atoms with E-state index in [1.807, 2.05) is 13.8 Å². The molecule has 1 aliphatic rings. The second-order valence-corrected chi connectivity index (χ2v) is 6.86. The Morgan fingerprint density at radius 3 is 2.42 bits per heavy atom. The van der Waals surface area contributed by atoms with Crippen molar-refractivity contribution in [3.05, 3.63) is 35.6 Å². The highest BCUT2D eigenvalue weighted by Gasteiger charge is 2.30. The van der Waals surface area contributed by atoms with Crippen LogP contribution >= 0.6 is 0 Å². The Kier molecular flexibility index (Phi) is 6.75. The van der Waals surface area contributed by atoms with Crippen LogP contribution in [0.3, 0.4) is 0 Å². The summed E-state index contributed by atoms with van der Waals surface area (Å²) in [5.74, 6) is -0.0691. The topological polar surface area (TPSA) is 52.6 Å². The molecule has 1 aromatic rings. The molecule has 24 heavy (non-hydrogen) atoms. The van der Waals surface area contributed by atoms with Gasteiger partial charge in [0.2, 0.25) is 5.91 Å². The zero-order valence-electron chi connectivity index (χ0n) is 14.8. The van der Waals surface area contributed by atoms with Crippen LogP contribution < -0.4 is 5.32 Å². The number of likely N-dealkylation sites (tertiary alicyclic amines) is 1. The van der Waals surface area contributed by atoms with Crippen LogP contribution in [-0.4, -0.2) is 41.1 Å². The molecule has 1 fully saturated rings. The smallest absolute Gasteiger partial charge is 0.237 e. The highest BCUT2D eigenvalue weighted by Crippen LogP contribution is 2.31. The van der Waals surface area contributed by atoms with Gasteiger partial charge in [-0.2, -0.15) is 0 Å². The number of hydrogen-bond donors (Lipinski definition) is 2.